The van der Waals surface area contributed by atoms with Crippen LogP contribution in [0.2, 0.25) is 0 Å². The number of nitrogen functional groups attached to an aromatic ring is 1. The van der Waals surface area contributed by atoms with Gasteiger partial charge >= 0.3 is 0 Å². The van der Waals surface area contributed by atoms with Crippen LogP contribution in [0.3, 0.4) is 0 Å². The second-order valence-electron chi connectivity index (χ2n) is 3.21. The molecule has 0 saturated carbocycles. The molecule has 0 amide bonds. The van der Waals surface area contributed by atoms with Gasteiger partial charge in [0.15, 0.2) is 0 Å². The van der Waals surface area contributed by atoms with Gasteiger partial charge in [0.05, 0.1) is 18.1 Å². The average Bonchev–Trinajstić information content (AvgIpc) is 2.54. The fourth-order valence-electron chi connectivity index (χ4n) is 1.56. The van der Waals surface area contributed by atoms with Gasteiger partial charge in [0.25, 0.3) is 0 Å². The largest absolute Gasteiger partial charge is 0.396 e. The van der Waals surface area contributed by atoms with Crippen molar-refractivity contribution in [3.8, 4) is 0 Å². The molecule has 0 spiro atoms. The molecule has 2 N–H and O–H groups in total. The molecule has 1 aromatic rings. The maximum atomic E-state index is 5.58. The normalized spacial score (nSPS) is 18.2. The van der Waals surface area contributed by atoms with Crippen molar-refractivity contribution in [3.05, 3.63) is 12.4 Å². The highest BCUT2D eigenvalue weighted by Crippen LogP contribution is 2.08. The fraction of sp³-hybridized carbons (Fsp3) is 0.625. The first-order chi connectivity index (χ1) is 5.86. The van der Waals surface area contributed by atoms with Gasteiger partial charge in [-0.2, -0.15) is 9.89 Å². The Labute approximate surface area is 71.9 Å². The molecule has 1 saturated heterocycles. The summed E-state index contributed by atoms with van der Waals surface area (Å²) in [6.45, 7) is 2.20. The van der Waals surface area contributed by atoms with Crippen LogP contribution >= 0.6 is 0 Å². The van der Waals surface area contributed by atoms with Crippen LogP contribution < -0.4 is 10.7 Å². The summed E-state index contributed by atoms with van der Waals surface area (Å²) in [6.07, 6.45) is 7.42. The van der Waals surface area contributed by atoms with Crippen LogP contribution in [0, 0.1) is 0 Å². The van der Waals surface area contributed by atoms with Gasteiger partial charge in [-0.3, -0.25) is 5.01 Å². The molecule has 1 aliphatic heterocycles. The second kappa shape index (κ2) is 3.05. The first-order valence-electron chi connectivity index (χ1n) is 4.41. The molecule has 66 valence electrons. The van der Waals surface area contributed by atoms with E-state index >= 15 is 0 Å². The Kier molecular flexibility index (Phi) is 1.89. The Balaban J connectivity index is 2.08. The fourth-order valence-corrected chi connectivity index (χ4v) is 1.56. The van der Waals surface area contributed by atoms with Crippen molar-refractivity contribution in [2.24, 2.45) is 0 Å². The molecule has 1 fully saturated rings. The Bertz CT molecular complexity index is 249. The summed E-state index contributed by atoms with van der Waals surface area (Å²) in [5.41, 5.74) is 6.31. The molecule has 1 aromatic heterocycles. The maximum absolute atomic E-state index is 5.58. The van der Waals surface area contributed by atoms with E-state index in [0.717, 1.165) is 18.8 Å². The second-order valence-corrected chi connectivity index (χ2v) is 3.21. The number of anilines is 1. The molecule has 2 heterocycles. The third-order valence-electron chi connectivity index (χ3n) is 2.21. The quantitative estimate of drug-likeness (QED) is 0.664. The van der Waals surface area contributed by atoms with E-state index in [0.29, 0.717) is 0 Å². The van der Waals surface area contributed by atoms with E-state index in [1.807, 2.05) is 11.0 Å². The SMILES string of the molecule is Nc1cnn(N2CCCCC2)c1. The minimum atomic E-state index is 0.737. The summed E-state index contributed by atoms with van der Waals surface area (Å²) in [5, 5.41) is 6.38. The zero-order chi connectivity index (χ0) is 8.39. The number of aromatic nitrogens is 2. The van der Waals surface area contributed by atoms with E-state index in [1.54, 1.807) is 6.20 Å². The third kappa shape index (κ3) is 1.37. The highest BCUT2D eigenvalue weighted by atomic mass is 15.6. The first-order valence-corrected chi connectivity index (χ1v) is 4.41. The number of piperidine rings is 1. The molecule has 0 aliphatic carbocycles. The molecular formula is C8H14N4. The summed E-state index contributed by atoms with van der Waals surface area (Å²) < 4.78 is 0. The average molecular weight is 166 g/mol. The van der Waals surface area contributed by atoms with Crippen LogP contribution in [0.5, 0.6) is 0 Å². The minimum absolute atomic E-state index is 0.737. The predicted octanol–water partition coefficient (Wildman–Crippen LogP) is 0.587. The Morgan fingerprint density at radius 3 is 2.58 bits per heavy atom. The standard InChI is InChI=1S/C8H14N4/c9-8-6-10-12(7-8)11-4-2-1-3-5-11/h6-7H,1-5,9H2. The van der Waals surface area contributed by atoms with E-state index in [4.69, 9.17) is 5.73 Å². The lowest BCUT2D eigenvalue weighted by Crippen LogP contribution is -2.39. The summed E-state index contributed by atoms with van der Waals surface area (Å²) in [6, 6.07) is 0. The van der Waals surface area contributed by atoms with Crippen LogP contribution in [-0.4, -0.2) is 23.0 Å². The smallest absolute Gasteiger partial charge is 0.0740 e. The molecule has 2 rings (SSSR count). The summed E-state index contributed by atoms with van der Waals surface area (Å²) >= 11 is 0. The van der Waals surface area contributed by atoms with Gasteiger partial charge in [0.2, 0.25) is 0 Å². The van der Waals surface area contributed by atoms with Crippen molar-refractivity contribution in [1.29, 1.82) is 0 Å². The zero-order valence-corrected chi connectivity index (χ0v) is 7.11. The number of nitrogens with zero attached hydrogens (tertiary/aromatic N) is 3. The van der Waals surface area contributed by atoms with Crippen LogP contribution in [-0.2, 0) is 0 Å². The van der Waals surface area contributed by atoms with Crippen molar-refractivity contribution in [2.45, 2.75) is 19.3 Å². The number of hydrogen-bond acceptors (Lipinski definition) is 3. The highest BCUT2D eigenvalue weighted by molar-refractivity contribution is 5.30. The van der Waals surface area contributed by atoms with Crippen molar-refractivity contribution >= 4 is 5.69 Å². The Morgan fingerprint density at radius 2 is 2.00 bits per heavy atom. The van der Waals surface area contributed by atoms with E-state index < -0.39 is 0 Å². The van der Waals surface area contributed by atoms with E-state index in [-0.39, 0.29) is 0 Å². The monoisotopic (exact) mass is 166 g/mol. The van der Waals surface area contributed by atoms with Gasteiger partial charge < -0.3 is 5.73 Å². The molecule has 0 unspecified atom stereocenters. The maximum Gasteiger partial charge on any atom is 0.0740 e. The lowest BCUT2D eigenvalue weighted by atomic mass is 10.2. The lowest BCUT2D eigenvalue weighted by molar-refractivity contribution is 0.449. The summed E-state index contributed by atoms with van der Waals surface area (Å²) in [4.78, 5) is 1.86. The third-order valence-corrected chi connectivity index (χ3v) is 2.21. The summed E-state index contributed by atoms with van der Waals surface area (Å²) in [7, 11) is 0. The molecule has 0 bridgehead atoms. The van der Waals surface area contributed by atoms with Crippen LogP contribution in [0.15, 0.2) is 12.4 Å². The molecule has 0 atom stereocenters. The van der Waals surface area contributed by atoms with Crippen LogP contribution in [0.1, 0.15) is 19.3 Å². The highest BCUT2D eigenvalue weighted by Gasteiger charge is 2.10. The molecular weight excluding hydrogens is 152 g/mol. The van der Waals surface area contributed by atoms with Crippen LogP contribution in [0.4, 0.5) is 5.69 Å². The Morgan fingerprint density at radius 1 is 1.25 bits per heavy atom. The van der Waals surface area contributed by atoms with Gasteiger partial charge in [-0.05, 0) is 19.3 Å². The van der Waals surface area contributed by atoms with E-state index in [2.05, 4.69) is 10.1 Å². The molecule has 0 radical (unpaired) electrons. The van der Waals surface area contributed by atoms with Crippen molar-refractivity contribution < 1.29 is 0 Å². The van der Waals surface area contributed by atoms with Gasteiger partial charge in [-0.25, -0.2) is 0 Å². The lowest BCUT2D eigenvalue weighted by Gasteiger charge is -2.27. The number of rotatable bonds is 1. The zero-order valence-electron chi connectivity index (χ0n) is 7.11. The molecule has 1 aliphatic rings. The Hall–Kier alpha value is -1.19. The minimum Gasteiger partial charge on any atom is -0.396 e. The number of nitrogens with two attached hydrogens (primary N) is 1. The predicted molar refractivity (Wildman–Crippen MR) is 48.4 cm³/mol. The molecule has 4 heteroatoms. The van der Waals surface area contributed by atoms with E-state index in [1.165, 1.54) is 19.3 Å². The van der Waals surface area contributed by atoms with Crippen molar-refractivity contribution in [1.82, 2.24) is 9.89 Å². The van der Waals surface area contributed by atoms with Gasteiger partial charge in [0.1, 0.15) is 0 Å². The molecule has 0 aromatic carbocycles. The van der Waals surface area contributed by atoms with Crippen molar-refractivity contribution in [2.75, 3.05) is 23.8 Å². The topological polar surface area (TPSA) is 47.1 Å². The molecule has 12 heavy (non-hydrogen) atoms. The summed E-state index contributed by atoms with van der Waals surface area (Å²) in [5.74, 6) is 0. The van der Waals surface area contributed by atoms with Crippen LogP contribution in [0.25, 0.3) is 0 Å². The van der Waals surface area contributed by atoms with Gasteiger partial charge in [-0.15, -0.1) is 0 Å². The number of hydrogen-bond donors (Lipinski definition) is 1. The van der Waals surface area contributed by atoms with Gasteiger partial charge in [-0.1, -0.05) is 0 Å². The molecule has 4 nitrogen and oxygen atoms in total. The van der Waals surface area contributed by atoms with Gasteiger partial charge in [0, 0.05) is 13.1 Å². The van der Waals surface area contributed by atoms with Crippen molar-refractivity contribution in [3.63, 3.8) is 0 Å². The van der Waals surface area contributed by atoms with E-state index in [9.17, 15) is 0 Å². The first kappa shape index (κ1) is 7.46.